The first-order valence-electron chi connectivity index (χ1n) is 10.8. The molecular formula is C24H30ClN3O2S. The van der Waals surface area contributed by atoms with Gasteiger partial charge in [-0.1, -0.05) is 30.7 Å². The average Bonchev–Trinajstić information content (AvgIpc) is 2.74. The minimum atomic E-state index is -0.434. The van der Waals surface area contributed by atoms with E-state index in [2.05, 4.69) is 53.6 Å². The van der Waals surface area contributed by atoms with E-state index in [4.69, 9.17) is 28.6 Å². The van der Waals surface area contributed by atoms with Crippen LogP contribution < -0.4 is 15.5 Å². The molecule has 0 amide bonds. The van der Waals surface area contributed by atoms with Crippen LogP contribution in [0.2, 0.25) is 5.02 Å². The molecule has 1 saturated heterocycles. The first-order chi connectivity index (χ1) is 14.9. The third-order valence-corrected chi connectivity index (χ3v) is 6.14. The van der Waals surface area contributed by atoms with Gasteiger partial charge in [0.1, 0.15) is 0 Å². The van der Waals surface area contributed by atoms with Gasteiger partial charge in [-0.2, -0.15) is 0 Å². The molecule has 7 heteroatoms. The summed E-state index contributed by atoms with van der Waals surface area (Å²) in [5.41, 5.74) is 3.48. The Balaban J connectivity index is 1.55. The van der Waals surface area contributed by atoms with Crippen LogP contribution in [0.5, 0.6) is 0 Å². The van der Waals surface area contributed by atoms with Crippen molar-refractivity contribution in [3.8, 4) is 0 Å². The predicted molar refractivity (Wildman–Crippen MR) is 132 cm³/mol. The highest BCUT2D eigenvalue weighted by atomic mass is 35.5. The zero-order valence-electron chi connectivity index (χ0n) is 18.3. The average molecular weight is 460 g/mol. The Kier molecular flexibility index (Phi) is 8.15. The normalized spacial score (nSPS) is 15.3. The van der Waals surface area contributed by atoms with E-state index >= 15 is 0 Å². The molecule has 1 aliphatic rings. The summed E-state index contributed by atoms with van der Waals surface area (Å²) >= 11 is 11.7. The number of carbonyl (C=O) groups excluding carboxylic acids is 1. The number of hydrogen-bond acceptors (Lipinski definition) is 4. The summed E-state index contributed by atoms with van der Waals surface area (Å²) < 4.78 is 5.00. The van der Waals surface area contributed by atoms with Crippen LogP contribution in [-0.4, -0.2) is 30.8 Å². The van der Waals surface area contributed by atoms with Gasteiger partial charge in [0.15, 0.2) is 5.11 Å². The number of piperidine rings is 1. The van der Waals surface area contributed by atoms with E-state index in [-0.39, 0.29) is 6.04 Å². The van der Waals surface area contributed by atoms with Gasteiger partial charge >= 0.3 is 5.97 Å². The number of rotatable bonds is 6. The lowest BCUT2D eigenvalue weighted by molar-refractivity contribution is 0.0526. The molecule has 0 saturated carbocycles. The van der Waals surface area contributed by atoms with Crippen LogP contribution in [0.25, 0.3) is 0 Å². The molecule has 0 radical (unpaired) electrons. The number of anilines is 2. The van der Waals surface area contributed by atoms with Gasteiger partial charge in [0, 0.05) is 24.5 Å². The summed E-state index contributed by atoms with van der Waals surface area (Å²) in [6.45, 7) is 8.71. The molecule has 0 aromatic heterocycles. The van der Waals surface area contributed by atoms with Crippen LogP contribution in [0.3, 0.4) is 0 Å². The van der Waals surface area contributed by atoms with Crippen molar-refractivity contribution in [1.29, 1.82) is 0 Å². The van der Waals surface area contributed by atoms with Gasteiger partial charge in [-0.15, -0.1) is 0 Å². The summed E-state index contributed by atoms with van der Waals surface area (Å²) in [4.78, 5) is 14.3. The fourth-order valence-corrected chi connectivity index (χ4v) is 4.21. The van der Waals surface area contributed by atoms with Crippen molar-refractivity contribution in [3.63, 3.8) is 0 Å². The smallest absolute Gasteiger partial charge is 0.339 e. The van der Waals surface area contributed by atoms with Crippen molar-refractivity contribution >= 4 is 46.3 Å². The van der Waals surface area contributed by atoms with Crippen molar-refractivity contribution < 1.29 is 9.53 Å². The number of thiocarbonyl (C=S) groups is 1. The second kappa shape index (κ2) is 10.8. The number of carbonyl (C=O) groups is 1. The standard InChI is InChI=1S/C24H30ClN3O2S/c1-4-30-23(29)21-10-7-19(15-22(21)25)27-24(31)26-17(3)18-5-8-20(9-6-18)28-13-11-16(2)12-14-28/h5-10,15-17H,4,11-14H2,1-3H3,(H2,26,27,31). The highest BCUT2D eigenvalue weighted by Gasteiger charge is 2.17. The van der Waals surface area contributed by atoms with Gasteiger partial charge in [-0.05, 0) is 80.7 Å². The maximum atomic E-state index is 11.9. The third-order valence-electron chi connectivity index (χ3n) is 5.61. The molecule has 1 unspecified atom stereocenters. The molecule has 2 aromatic carbocycles. The highest BCUT2D eigenvalue weighted by molar-refractivity contribution is 7.80. The van der Waals surface area contributed by atoms with E-state index in [9.17, 15) is 4.79 Å². The largest absolute Gasteiger partial charge is 0.462 e. The molecule has 0 aliphatic carbocycles. The second-order valence-corrected chi connectivity index (χ2v) is 8.81. The van der Waals surface area contributed by atoms with Crippen molar-refractivity contribution in [1.82, 2.24) is 5.32 Å². The fraction of sp³-hybridized carbons (Fsp3) is 0.417. The third kappa shape index (κ3) is 6.34. The number of ether oxygens (including phenoxy) is 1. The Morgan fingerprint density at radius 1 is 1.23 bits per heavy atom. The van der Waals surface area contributed by atoms with E-state index in [1.165, 1.54) is 18.5 Å². The molecular weight excluding hydrogens is 430 g/mol. The maximum Gasteiger partial charge on any atom is 0.339 e. The topological polar surface area (TPSA) is 53.6 Å². The van der Waals surface area contributed by atoms with Gasteiger partial charge < -0.3 is 20.3 Å². The molecule has 31 heavy (non-hydrogen) atoms. The lowest BCUT2D eigenvalue weighted by Gasteiger charge is -2.32. The molecule has 3 rings (SSSR count). The SMILES string of the molecule is CCOC(=O)c1ccc(NC(=S)NC(C)c2ccc(N3CCC(C)CC3)cc2)cc1Cl. The quantitative estimate of drug-likeness (QED) is 0.420. The Morgan fingerprint density at radius 3 is 2.52 bits per heavy atom. The maximum absolute atomic E-state index is 11.9. The van der Waals surface area contributed by atoms with Crippen LogP contribution in [-0.2, 0) is 4.74 Å². The van der Waals surface area contributed by atoms with Gasteiger partial charge in [-0.3, -0.25) is 0 Å². The number of benzene rings is 2. The van der Waals surface area contributed by atoms with Gasteiger partial charge in [-0.25, -0.2) is 4.79 Å². The van der Waals surface area contributed by atoms with E-state index in [0.29, 0.717) is 28.0 Å². The summed E-state index contributed by atoms with van der Waals surface area (Å²) in [7, 11) is 0. The number of nitrogens with zero attached hydrogens (tertiary/aromatic N) is 1. The van der Waals surface area contributed by atoms with Crippen molar-refractivity contribution in [2.24, 2.45) is 5.92 Å². The molecule has 5 nitrogen and oxygen atoms in total. The van der Waals surface area contributed by atoms with Crippen molar-refractivity contribution in [3.05, 3.63) is 58.6 Å². The second-order valence-electron chi connectivity index (χ2n) is 8.00. The van der Waals surface area contributed by atoms with Crippen molar-refractivity contribution in [2.75, 3.05) is 29.9 Å². The van der Waals surface area contributed by atoms with E-state index in [0.717, 1.165) is 24.6 Å². The first-order valence-corrected chi connectivity index (χ1v) is 11.5. The lowest BCUT2D eigenvalue weighted by atomic mass is 9.98. The van der Waals surface area contributed by atoms with Gasteiger partial charge in [0.2, 0.25) is 0 Å². The number of halogens is 1. The zero-order valence-corrected chi connectivity index (χ0v) is 19.9. The van der Waals surface area contributed by atoms with Crippen LogP contribution in [0, 0.1) is 5.92 Å². The van der Waals surface area contributed by atoms with Gasteiger partial charge in [0.25, 0.3) is 0 Å². The van der Waals surface area contributed by atoms with E-state index in [1.54, 1.807) is 25.1 Å². The molecule has 166 valence electrons. The number of esters is 1. The Morgan fingerprint density at radius 2 is 1.90 bits per heavy atom. The fourth-order valence-electron chi connectivity index (χ4n) is 3.66. The van der Waals surface area contributed by atoms with Gasteiger partial charge in [0.05, 0.1) is 23.2 Å². The summed E-state index contributed by atoms with van der Waals surface area (Å²) in [5, 5.41) is 7.23. The van der Waals surface area contributed by atoms with E-state index in [1.807, 2.05) is 0 Å². The first kappa shape index (κ1) is 23.4. The molecule has 2 aromatic rings. The molecule has 2 N–H and O–H groups in total. The Bertz CT molecular complexity index is 912. The summed E-state index contributed by atoms with van der Waals surface area (Å²) in [6, 6.07) is 13.8. The number of nitrogens with one attached hydrogen (secondary N) is 2. The predicted octanol–water partition coefficient (Wildman–Crippen LogP) is 5.80. The van der Waals surface area contributed by atoms with Crippen molar-refractivity contribution in [2.45, 2.75) is 39.7 Å². The highest BCUT2D eigenvalue weighted by Crippen LogP contribution is 2.25. The molecule has 1 atom stereocenters. The minimum absolute atomic E-state index is 0.0460. The summed E-state index contributed by atoms with van der Waals surface area (Å²) in [6.07, 6.45) is 2.51. The summed E-state index contributed by atoms with van der Waals surface area (Å²) in [5.74, 6) is 0.389. The minimum Gasteiger partial charge on any atom is -0.462 e. The lowest BCUT2D eigenvalue weighted by Crippen LogP contribution is -2.33. The Hall–Kier alpha value is -2.31. The van der Waals surface area contributed by atoms with Crippen LogP contribution in [0.1, 0.15) is 55.6 Å². The van der Waals surface area contributed by atoms with E-state index < -0.39 is 5.97 Å². The van der Waals surface area contributed by atoms with Crippen LogP contribution in [0.4, 0.5) is 11.4 Å². The Labute approximate surface area is 195 Å². The molecule has 1 aliphatic heterocycles. The van der Waals surface area contributed by atoms with Crippen LogP contribution in [0.15, 0.2) is 42.5 Å². The number of hydrogen-bond donors (Lipinski definition) is 2. The van der Waals surface area contributed by atoms with Crippen LogP contribution >= 0.6 is 23.8 Å². The monoisotopic (exact) mass is 459 g/mol. The molecule has 0 spiro atoms. The molecule has 0 bridgehead atoms. The zero-order chi connectivity index (χ0) is 22.4. The molecule has 1 heterocycles. The molecule has 1 fully saturated rings.